The van der Waals surface area contributed by atoms with E-state index in [1.165, 1.54) is 0 Å². The maximum absolute atomic E-state index is 13.4. The molecule has 3 aliphatic rings. The van der Waals surface area contributed by atoms with Gasteiger partial charge in [0.25, 0.3) is 0 Å². The van der Waals surface area contributed by atoms with Crippen molar-refractivity contribution in [3.8, 4) is 0 Å². The lowest BCUT2D eigenvalue weighted by molar-refractivity contribution is -0.213. The molecule has 1 amide bonds. The largest absolute Gasteiger partial charge is 0.462 e. The Balaban J connectivity index is 1.90. The molecule has 3 saturated carbocycles. The summed E-state index contributed by atoms with van der Waals surface area (Å²) in [6, 6.07) is 0. The van der Waals surface area contributed by atoms with E-state index < -0.39 is 5.41 Å². The minimum absolute atomic E-state index is 0.0132. The van der Waals surface area contributed by atoms with Crippen molar-refractivity contribution in [2.75, 3.05) is 6.61 Å². The summed E-state index contributed by atoms with van der Waals surface area (Å²) in [5.41, 5.74) is 2.45. The number of hydroxylamine groups is 1. The molecular weight excluding hydrogens is 614 g/mol. The van der Waals surface area contributed by atoms with Crippen molar-refractivity contribution in [1.82, 2.24) is 5.48 Å². The molecule has 0 bridgehead atoms. The Kier molecular flexibility index (Phi) is 13.2. The first kappa shape index (κ1) is 41.3. The molecule has 8 unspecified atom stereocenters. The van der Waals surface area contributed by atoms with Crippen LogP contribution in [-0.4, -0.2) is 35.8 Å². The summed E-state index contributed by atoms with van der Waals surface area (Å²) in [4.78, 5) is 39.0. The van der Waals surface area contributed by atoms with Gasteiger partial charge in [-0.25, -0.2) is 5.48 Å². The van der Waals surface area contributed by atoms with Gasteiger partial charge in [-0.1, -0.05) is 100 Å². The Hall–Kier alpha value is -2.15. The fourth-order valence-electron chi connectivity index (χ4n) is 12.2. The quantitative estimate of drug-likeness (QED) is 0.0817. The monoisotopic (exact) mass is 686 g/mol. The number of hydrogen-bond acceptors (Lipinski definition) is 6. The molecule has 0 radical (unpaired) electrons. The molecule has 0 aliphatic heterocycles. The van der Waals surface area contributed by atoms with Crippen molar-refractivity contribution in [1.29, 1.82) is 0 Å². The smallest absolute Gasteiger partial charge is 0.306 e. The van der Waals surface area contributed by atoms with Gasteiger partial charge >= 0.3 is 11.9 Å². The van der Waals surface area contributed by atoms with Gasteiger partial charge in [0.2, 0.25) is 5.91 Å². The van der Waals surface area contributed by atoms with Crippen LogP contribution in [0.1, 0.15) is 147 Å². The summed E-state index contributed by atoms with van der Waals surface area (Å²) in [7, 11) is 0. The summed E-state index contributed by atoms with van der Waals surface area (Å²) in [5, 5.41) is 9.83. The first-order valence-corrected chi connectivity index (χ1v) is 19.2. The fourth-order valence-corrected chi connectivity index (χ4v) is 12.2. The molecule has 3 rings (SSSR count). The molecule has 0 saturated heterocycles. The molecule has 7 nitrogen and oxygen atoms in total. The molecule has 280 valence electrons. The molecule has 2 N–H and O–H groups in total. The minimum Gasteiger partial charge on any atom is -0.462 e. The molecule has 3 aliphatic carbocycles. The lowest BCUT2D eigenvalue weighted by Crippen LogP contribution is -2.63. The maximum atomic E-state index is 13.4. The summed E-state index contributed by atoms with van der Waals surface area (Å²) in [5.74, 6) is 0.507. The number of fused-ring (bicyclic) bond motifs is 3. The Morgan fingerprint density at radius 2 is 1.57 bits per heavy atom. The van der Waals surface area contributed by atoms with Gasteiger partial charge in [0.15, 0.2) is 0 Å². The number of hydrogen-bond donors (Lipinski definition) is 2. The molecule has 0 aromatic heterocycles. The van der Waals surface area contributed by atoms with Crippen molar-refractivity contribution in [2.24, 2.45) is 62.6 Å². The highest BCUT2D eigenvalue weighted by Crippen LogP contribution is 2.73. The first-order chi connectivity index (χ1) is 22.7. The van der Waals surface area contributed by atoms with Gasteiger partial charge in [-0.05, 0) is 110 Å². The average Bonchev–Trinajstić information content (AvgIpc) is 3.14. The Bertz CT molecular complexity index is 1220. The van der Waals surface area contributed by atoms with Crippen LogP contribution in [0.2, 0.25) is 0 Å². The third kappa shape index (κ3) is 8.02. The summed E-state index contributed by atoms with van der Waals surface area (Å²) in [6.07, 6.45) is 10.4. The second kappa shape index (κ2) is 15.6. The maximum Gasteiger partial charge on any atom is 0.306 e. The number of amides is 1. The van der Waals surface area contributed by atoms with Gasteiger partial charge in [0, 0.05) is 11.3 Å². The van der Waals surface area contributed by atoms with Gasteiger partial charge < -0.3 is 9.47 Å². The Morgan fingerprint density at radius 3 is 2.12 bits per heavy atom. The molecule has 0 heterocycles. The lowest BCUT2D eigenvalue weighted by Gasteiger charge is -2.69. The predicted molar refractivity (Wildman–Crippen MR) is 196 cm³/mol. The first-order valence-electron chi connectivity index (χ1n) is 19.2. The summed E-state index contributed by atoms with van der Waals surface area (Å²) < 4.78 is 11.5. The van der Waals surface area contributed by atoms with E-state index >= 15 is 0 Å². The van der Waals surface area contributed by atoms with E-state index in [1.54, 1.807) is 6.08 Å². The van der Waals surface area contributed by atoms with Gasteiger partial charge in [-0.3, -0.25) is 19.6 Å². The van der Waals surface area contributed by atoms with E-state index in [2.05, 4.69) is 75.5 Å². The average molecular weight is 686 g/mol. The normalized spacial score (nSPS) is 32.7. The van der Waals surface area contributed by atoms with Crippen LogP contribution in [0.15, 0.2) is 24.8 Å². The number of carbonyl (C=O) groups is 3. The number of allylic oxidation sites excluding steroid dienone is 1. The highest BCUT2D eigenvalue weighted by atomic mass is 16.5. The van der Waals surface area contributed by atoms with Gasteiger partial charge in [-0.2, -0.15) is 0 Å². The number of ether oxygens (including phenoxy) is 2. The molecule has 49 heavy (non-hydrogen) atoms. The SMILES string of the molecule is C=CCOC(=O)CC(C)(C)CC(=O)OC(CC)C(C)(C)C1CCC2(C)C(CCC3C(C(CC)C(=C)C)C(C(=O)NO)CCC[C@]32C)C1(C)C. The summed E-state index contributed by atoms with van der Waals surface area (Å²) >= 11 is 0. The predicted octanol–water partition coefficient (Wildman–Crippen LogP) is 9.87. The molecule has 7 heteroatoms. The molecular formula is C42H71NO6. The minimum atomic E-state index is -0.577. The second-order valence-electron chi connectivity index (χ2n) is 18.6. The van der Waals surface area contributed by atoms with Gasteiger partial charge in [0.05, 0.1) is 12.8 Å². The molecule has 0 aromatic carbocycles. The van der Waals surface area contributed by atoms with Crippen molar-refractivity contribution in [2.45, 2.75) is 153 Å². The van der Waals surface area contributed by atoms with Crippen molar-refractivity contribution in [3.63, 3.8) is 0 Å². The zero-order chi connectivity index (χ0) is 37.2. The van der Waals surface area contributed by atoms with E-state index in [4.69, 9.17) is 9.47 Å². The van der Waals surface area contributed by atoms with Crippen molar-refractivity contribution < 1.29 is 29.1 Å². The van der Waals surface area contributed by atoms with Crippen LogP contribution in [0.3, 0.4) is 0 Å². The second-order valence-corrected chi connectivity index (χ2v) is 18.6. The third-order valence-corrected chi connectivity index (χ3v) is 14.5. The van der Waals surface area contributed by atoms with Crippen LogP contribution >= 0.6 is 0 Å². The highest BCUT2D eigenvalue weighted by Gasteiger charge is 2.66. The van der Waals surface area contributed by atoms with Crippen LogP contribution < -0.4 is 5.48 Å². The molecule has 0 spiro atoms. The van der Waals surface area contributed by atoms with Gasteiger partial charge in [0.1, 0.15) is 12.7 Å². The van der Waals surface area contributed by atoms with Crippen LogP contribution in [0.5, 0.6) is 0 Å². The van der Waals surface area contributed by atoms with Crippen molar-refractivity contribution >= 4 is 17.8 Å². The van der Waals surface area contributed by atoms with Crippen LogP contribution in [0.4, 0.5) is 0 Å². The van der Waals surface area contributed by atoms with E-state index in [1.807, 2.05) is 19.3 Å². The third-order valence-electron chi connectivity index (χ3n) is 14.5. The van der Waals surface area contributed by atoms with E-state index in [9.17, 15) is 19.6 Å². The zero-order valence-electron chi connectivity index (χ0n) is 33.0. The highest BCUT2D eigenvalue weighted by molar-refractivity contribution is 5.78. The topological polar surface area (TPSA) is 102 Å². The van der Waals surface area contributed by atoms with E-state index in [0.29, 0.717) is 17.8 Å². The molecule has 9 atom stereocenters. The van der Waals surface area contributed by atoms with E-state index in [-0.39, 0.29) is 82.8 Å². The van der Waals surface area contributed by atoms with Crippen LogP contribution in [-0.2, 0) is 23.9 Å². The fraction of sp³-hybridized carbons (Fsp3) is 0.833. The Morgan fingerprint density at radius 1 is 0.939 bits per heavy atom. The molecule has 3 fully saturated rings. The zero-order valence-corrected chi connectivity index (χ0v) is 33.0. The van der Waals surface area contributed by atoms with Crippen LogP contribution in [0.25, 0.3) is 0 Å². The summed E-state index contributed by atoms with van der Waals surface area (Å²) in [6.45, 7) is 33.1. The standard InChI is InChI=1S/C42H71NO6/c1-14-24-48-34(44)25-38(6,7)26-35(45)49-33(16-3)40(10,11)31-21-23-42(13)32(39(31,8)9)20-19-30-36(28(15-2)27(4)5)29(37(46)43-47)18-17-22-41(30,42)12/h14,28-33,36,47H,1,4,15-26H2,2-3,5-13H3,(H,43,46)/t28?,29?,30?,31?,32?,33?,36?,41-,42?/m1/s1. The van der Waals surface area contributed by atoms with Gasteiger partial charge in [-0.15, -0.1) is 0 Å². The molecule has 0 aromatic rings. The number of rotatable bonds is 14. The Labute approximate surface area is 298 Å². The lowest BCUT2D eigenvalue weighted by atomic mass is 9.36. The number of carbonyl (C=O) groups excluding carboxylic acids is 3. The van der Waals surface area contributed by atoms with E-state index in [0.717, 1.165) is 63.4 Å². The number of esters is 2. The number of nitrogens with one attached hydrogen (secondary N) is 1. The van der Waals surface area contributed by atoms with Crippen molar-refractivity contribution in [3.05, 3.63) is 24.8 Å². The van der Waals surface area contributed by atoms with Crippen LogP contribution in [0, 0.1) is 62.6 Å².